The number of ether oxygens (including phenoxy) is 1. The number of aromatic nitrogens is 3. The molecule has 0 fully saturated rings. The summed E-state index contributed by atoms with van der Waals surface area (Å²) in [5.41, 5.74) is 6.21. The minimum atomic E-state index is -0.0244. The highest BCUT2D eigenvalue weighted by Gasteiger charge is 2.12. The highest BCUT2D eigenvalue weighted by molar-refractivity contribution is 7.15. The van der Waals surface area contributed by atoms with Crippen molar-refractivity contribution in [3.63, 3.8) is 0 Å². The molecular weight excluding hydrogens is 442 g/mol. The third-order valence-electron chi connectivity index (χ3n) is 6.05. The smallest absolute Gasteiger partial charge is 0.274 e. The van der Waals surface area contributed by atoms with Gasteiger partial charge in [0, 0.05) is 22.7 Å². The molecule has 0 saturated carbocycles. The predicted molar refractivity (Wildman–Crippen MR) is 139 cm³/mol. The molecule has 0 radical (unpaired) electrons. The lowest BCUT2D eigenvalue weighted by Gasteiger charge is -2.10. The number of aryl methyl sites for hydroxylation is 2. The number of hydrogen-bond donors (Lipinski definition) is 0. The van der Waals surface area contributed by atoms with E-state index in [-0.39, 0.29) is 5.56 Å². The number of rotatable bonds is 5. The fourth-order valence-corrected chi connectivity index (χ4v) is 5.58. The van der Waals surface area contributed by atoms with Crippen molar-refractivity contribution in [2.45, 2.75) is 20.4 Å². The van der Waals surface area contributed by atoms with Crippen molar-refractivity contribution in [1.82, 2.24) is 14.0 Å². The summed E-state index contributed by atoms with van der Waals surface area (Å²) in [6, 6.07) is 22.3. The number of para-hydroxylation sites is 3. The minimum Gasteiger partial charge on any atom is -0.492 e. The molecular formula is C28H23N3O2S. The maximum Gasteiger partial charge on any atom is 0.274 e. The largest absolute Gasteiger partial charge is 0.492 e. The summed E-state index contributed by atoms with van der Waals surface area (Å²) >= 11 is 1.43. The number of benzene rings is 3. The molecule has 6 rings (SSSR count). The van der Waals surface area contributed by atoms with E-state index in [2.05, 4.69) is 59.9 Å². The van der Waals surface area contributed by atoms with Crippen LogP contribution in [0.3, 0.4) is 0 Å². The minimum absolute atomic E-state index is 0.0244. The van der Waals surface area contributed by atoms with Crippen LogP contribution >= 0.6 is 11.3 Å². The van der Waals surface area contributed by atoms with Crippen molar-refractivity contribution in [2.75, 3.05) is 6.61 Å². The summed E-state index contributed by atoms with van der Waals surface area (Å²) < 4.78 is 10.6. The van der Waals surface area contributed by atoms with Gasteiger partial charge in [0.15, 0.2) is 4.96 Å². The fraction of sp³-hybridized carbons (Fsp3) is 0.143. The summed E-state index contributed by atoms with van der Waals surface area (Å²) in [4.78, 5) is 18.6. The van der Waals surface area contributed by atoms with Gasteiger partial charge in [0.2, 0.25) is 0 Å². The first-order valence-corrected chi connectivity index (χ1v) is 12.1. The molecule has 0 N–H and O–H groups in total. The Kier molecular flexibility index (Phi) is 4.96. The Hall–Kier alpha value is -3.90. The summed E-state index contributed by atoms with van der Waals surface area (Å²) in [5, 5.41) is 1.11. The van der Waals surface area contributed by atoms with Crippen molar-refractivity contribution in [1.29, 1.82) is 0 Å². The Morgan fingerprint density at radius 1 is 0.971 bits per heavy atom. The van der Waals surface area contributed by atoms with Crippen LogP contribution in [0.4, 0.5) is 0 Å². The van der Waals surface area contributed by atoms with Crippen LogP contribution < -0.4 is 14.8 Å². The standard InChI is InChI=1S/C28H23N3O2S/c1-18-13-19(2)15-21(14-18)33-12-11-30-17-20(22-7-3-5-9-24(22)30)16-26-27(32)31-25-10-6-4-8-23(25)29-28(31)34-26/h3-10,13-17H,11-12H2,1-2H3/b26-16-. The molecule has 0 saturated heterocycles. The fourth-order valence-electron chi connectivity index (χ4n) is 4.61. The van der Waals surface area contributed by atoms with Gasteiger partial charge >= 0.3 is 0 Å². The van der Waals surface area contributed by atoms with E-state index in [0.717, 1.165) is 38.2 Å². The molecule has 0 amide bonds. The van der Waals surface area contributed by atoms with E-state index in [1.807, 2.05) is 42.5 Å². The van der Waals surface area contributed by atoms with Crippen LogP contribution in [0.1, 0.15) is 16.7 Å². The molecule has 0 unspecified atom stereocenters. The Morgan fingerprint density at radius 3 is 2.53 bits per heavy atom. The molecule has 0 atom stereocenters. The lowest BCUT2D eigenvalue weighted by atomic mass is 10.1. The van der Waals surface area contributed by atoms with Crippen molar-refractivity contribution in [3.05, 3.63) is 105 Å². The Labute approximate surface area is 200 Å². The predicted octanol–water partition coefficient (Wildman–Crippen LogP) is 5.11. The first-order chi connectivity index (χ1) is 16.6. The first-order valence-electron chi connectivity index (χ1n) is 11.3. The summed E-state index contributed by atoms with van der Waals surface area (Å²) in [6.07, 6.45) is 4.09. The molecule has 34 heavy (non-hydrogen) atoms. The highest BCUT2D eigenvalue weighted by atomic mass is 32.1. The van der Waals surface area contributed by atoms with Gasteiger partial charge in [0.25, 0.3) is 5.56 Å². The second kappa shape index (κ2) is 8.15. The van der Waals surface area contributed by atoms with Gasteiger partial charge in [-0.05, 0) is 61.4 Å². The molecule has 0 aliphatic heterocycles. The zero-order valence-electron chi connectivity index (χ0n) is 19.0. The SMILES string of the molecule is Cc1cc(C)cc(OCCn2cc(/C=c3\sc4nc5ccccc5n4c3=O)c3ccccc32)c1. The molecule has 3 heterocycles. The Morgan fingerprint density at radius 2 is 1.71 bits per heavy atom. The lowest BCUT2D eigenvalue weighted by molar-refractivity contribution is 0.300. The Balaban J connectivity index is 1.36. The Bertz CT molecular complexity index is 1770. The molecule has 5 nitrogen and oxygen atoms in total. The van der Waals surface area contributed by atoms with E-state index < -0.39 is 0 Å². The average molecular weight is 466 g/mol. The molecule has 0 spiro atoms. The van der Waals surface area contributed by atoms with Crippen molar-refractivity contribution in [2.24, 2.45) is 0 Å². The zero-order valence-corrected chi connectivity index (χ0v) is 19.8. The average Bonchev–Trinajstić information content (AvgIpc) is 3.45. The van der Waals surface area contributed by atoms with Gasteiger partial charge in [0.1, 0.15) is 12.4 Å². The molecule has 3 aromatic heterocycles. The van der Waals surface area contributed by atoms with Gasteiger partial charge in [-0.3, -0.25) is 4.79 Å². The molecule has 0 aliphatic rings. The summed E-state index contributed by atoms with van der Waals surface area (Å²) in [5.74, 6) is 0.894. The second-order valence-corrected chi connectivity index (χ2v) is 9.61. The summed E-state index contributed by atoms with van der Waals surface area (Å²) in [6.45, 7) is 5.43. The van der Waals surface area contributed by atoms with E-state index in [4.69, 9.17) is 4.74 Å². The molecule has 6 aromatic rings. The maximum absolute atomic E-state index is 13.2. The monoisotopic (exact) mass is 465 g/mol. The molecule has 6 heteroatoms. The van der Waals surface area contributed by atoms with E-state index in [1.54, 1.807) is 4.40 Å². The third kappa shape index (κ3) is 3.56. The van der Waals surface area contributed by atoms with Crippen LogP contribution in [-0.2, 0) is 6.54 Å². The molecule has 168 valence electrons. The molecule has 0 aliphatic carbocycles. The van der Waals surface area contributed by atoms with Crippen molar-refractivity contribution >= 4 is 44.3 Å². The van der Waals surface area contributed by atoms with Gasteiger partial charge in [-0.15, -0.1) is 0 Å². The number of hydrogen-bond acceptors (Lipinski definition) is 4. The molecule has 3 aromatic carbocycles. The maximum atomic E-state index is 13.2. The highest BCUT2D eigenvalue weighted by Crippen LogP contribution is 2.23. The van der Waals surface area contributed by atoms with Crippen LogP contribution in [0.2, 0.25) is 0 Å². The molecule has 0 bridgehead atoms. The van der Waals surface area contributed by atoms with Crippen LogP contribution in [0.5, 0.6) is 5.75 Å². The van der Waals surface area contributed by atoms with E-state index in [0.29, 0.717) is 17.7 Å². The number of fused-ring (bicyclic) bond motifs is 4. The van der Waals surface area contributed by atoms with Crippen LogP contribution in [-0.4, -0.2) is 20.6 Å². The zero-order chi connectivity index (χ0) is 23.2. The summed E-state index contributed by atoms with van der Waals surface area (Å²) in [7, 11) is 0. The van der Waals surface area contributed by atoms with Gasteiger partial charge in [-0.1, -0.05) is 47.7 Å². The van der Waals surface area contributed by atoms with Gasteiger partial charge in [0.05, 0.1) is 22.1 Å². The second-order valence-electron chi connectivity index (χ2n) is 8.60. The van der Waals surface area contributed by atoms with Gasteiger partial charge in [-0.25, -0.2) is 9.38 Å². The quantitative estimate of drug-likeness (QED) is 0.356. The van der Waals surface area contributed by atoms with Gasteiger partial charge < -0.3 is 9.30 Å². The van der Waals surface area contributed by atoms with Crippen molar-refractivity contribution in [3.8, 4) is 5.75 Å². The van der Waals surface area contributed by atoms with E-state index >= 15 is 0 Å². The van der Waals surface area contributed by atoms with Gasteiger partial charge in [-0.2, -0.15) is 0 Å². The topological polar surface area (TPSA) is 48.5 Å². The third-order valence-corrected chi connectivity index (χ3v) is 7.02. The van der Waals surface area contributed by atoms with Crippen LogP contribution in [0.25, 0.3) is 33.0 Å². The van der Waals surface area contributed by atoms with Crippen LogP contribution in [0, 0.1) is 13.8 Å². The first kappa shape index (κ1) is 20.7. The number of thiazole rings is 1. The normalized spacial score (nSPS) is 12.4. The van der Waals surface area contributed by atoms with Crippen LogP contribution in [0.15, 0.2) is 77.7 Å². The van der Waals surface area contributed by atoms with E-state index in [9.17, 15) is 4.79 Å². The van der Waals surface area contributed by atoms with E-state index in [1.165, 1.54) is 22.5 Å². The number of nitrogens with zero attached hydrogens (tertiary/aromatic N) is 3. The lowest BCUT2D eigenvalue weighted by Crippen LogP contribution is -2.22. The number of imidazole rings is 1. The van der Waals surface area contributed by atoms with Crippen molar-refractivity contribution < 1.29 is 4.74 Å².